The van der Waals surface area contributed by atoms with Crippen molar-refractivity contribution in [3.8, 4) is 0 Å². The van der Waals surface area contributed by atoms with Gasteiger partial charge in [0, 0.05) is 18.0 Å². The number of furan rings is 1. The summed E-state index contributed by atoms with van der Waals surface area (Å²) in [5, 5.41) is 3.21. The molecule has 16 heavy (non-hydrogen) atoms. The molecule has 1 heterocycles. The molecular formula is C12H17NO3. The Morgan fingerprint density at radius 1 is 1.69 bits per heavy atom. The minimum atomic E-state index is -0.196. The van der Waals surface area contributed by atoms with Crippen LogP contribution in [0.3, 0.4) is 0 Å². The maximum Gasteiger partial charge on any atom is 0.319 e. The van der Waals surface area contributed by atoms with Crippen molar-refractivity contribution >= 4 is 5.97 Å². The van der Waals surface area contributed by atoms with Crippen molar-refractivity contribution < 1.29 is 13.9 Å². The molecule has 0 radical (unpaired) electrons. The number of esters is 1. The molecule has 0 fully saturated rings. The normalized spacial score (nSPS) is 19.2. The zero-order chi connectivity index (χ0) is 11.4. The molecular weight excluding hydrogens is 206 g/mol. The number of hydrogen-bond acceptors (Lipinski definition) is 4. The van der Waals surface area contributed by atoms with Gasteiger partial charge >= 0.3 is 5.97 Å². The fraction of sp³-hybridized carbons (Fsp3) is 0.583. The lowest BCUT2D eigenvalue weighted by atomic mass is 9.93. The molecule has 1 unspecified atom stereocenters. The summed E-state index contributed by atoms with van der Waals surface area (Å²) in [6, 6.07) is 2.21. The minimum Gasteiger partial charge on any atom is -0.469 e. The third-order valence-electron chi connectivity index (χ3n) is 2.85. The first-order chi connectivity index (χ1) is 7.81. The highest BCUT2D eigenvalue weighted by molar-refractivity contribution is 5.71. The Bertz CT molecular complexity index is 359. The van der Waals surface area contributed by atoms with E-state index in [1.54, 1.807) is 6.26 Å². The van der Waals surface area contributed by atoms with Gasteiger partial charge in [-0.3, -0.25) is 10.1 Å². The minimum absolute atomic E-state index is 0.196. The van der Waals surface area contributed by atoms with Crippen LogP contribution in [-0.2, 0) is 16.0 Å². The fourth-order valence-electron chi connectivity index (χ4n) is 2.12. The van der Waals surface area contributed by atoms with E-state index in [0.29, 0.717) is 6.61 Å². The maximum atomic E-state index is 11.2. The summed E-state index contributed by atoms with van der Waals surface area (Å²) >= 11 is 0. The van der Waals surface area contributed by atoms with Crippen LogP contribution in [0.4, 0.5) is 0 Å². The Morgan fingerprint density at radius 2 is 2.56 bits per heavy atom. The molecule has 0 bridgehead atoms. The molecule has 0 amide bonds. The summed E-state index contributed by atoms with van der Waals surface area (Å²) in [5.74, 6) is 0.853. The lowest BCUT2D eigenvalue weighted by Crippen LogP contribution is -2.30. The van der Waals surface area contributed by atoms with Gasteiger partial charge in [0.25, 0.3) is 0 Å². The molecule has 0 spiro atoms. The summed E-state index contributed by atoms with van der Waals surface area (Å²) in [4.78, 5) is 11.2. The van der Waals surface area contributed by atoms with Gasteiger partial charge in [0.1, 0.15) is 5.76 Å². The van der Waals surface area contributed by atoms with Crippen LogP contribution in [0.2, 0.25) is 0 Å². The number of ether oxygens (including phenoxy) is 1. The lowest BCUT2D eigenvalue weighted by Gasteiger charge is -2.22. The summed E-state index contributed by atoms with van der Waals surface area (Å²) in [6.07, 6.45) is 4.86. The Morgan fingerprint density at radius 3 is 3.38 bits per heavy atom. The number of nitrogens with one attached hydrogen (secondary N) is 1. The van der Waals surface area contributed by atoms with E-state index >= 15 is 0 Å². The van der Waals surface area contributed by atoms with Crippen LogP contribution in [0.25, 0.3) is 0 Å². The van der Waals surface area contributed by atoms with Crippen LogP contribution >= 0.6 is 0 Å². The second-order valence-electron chi connectivity index (χ2n) is 3.93. The van der Waals surface area contributed by atoms with Gasteiger partial charge in [-0.2, -0.15) is 0 Å². The molecule has 1 N–H and O–H groups in total. The number of carbonyl (C=O) groups excluding carboxylic acids is 1. The second kappa shape index (κ2) is 5.16. The maximum absolute atomic E-state index is 11.2. The zero-order valence-electron chi connectivity index (χ0n) is 9.49. The van der Waals surface area contributed by atoms with Gasteiger partial charge in [-0.05, 0) is 25.8 Å². The third-order valence-corrected chi connectivity index (χ3v) is 2.85. The lowest BCUT2D eigenvalue weighted by molar-refractivity contribution is -0.142. The molecule has 0 aromatic carbocycles. The van der Waals surface area contributed by atoms with Crippen LogP contribution in [0, 0.1) is 0 Å². The predicted molar refractivity (Wildman–Crippen MR) is 59.0 cm³/mol. The molecule has 1 aromatic heterocycles. The molecule has 1 aliphatic carbocycles. The van der Waals surface area contributed by atoms with E-state index in [4.69, 9.17) is 9.15 Å². The number of rotatable bonds is 4. The highest BCUT2D eigenvalue weighted by Gasteiger charge is 2.22. The van der Waals surface area contributed by atoms with Gasteiger partial charge in [-0.15, -0.1) is 0 Å². The van der Waals surface area contributed by atoms with Gasteiger partial charge in [0.15, 0.2) is 0 Å². The molecule has 4 nitrogen and oxygen atoms in total. The second-order valence-corrected chi connectivity index (χ2v) is 3.93. The smallest absolute Gasteiger partial charge is 0.319 e. The van der Waals surface area contributed by atoms with Gasteiger partial charge in [-0.25, -0.2) is 0 Å². The van der Waals surface area contributed by atoms with Crippen LogP contribution in [0.5, 0.6) is 0 Å². The molecule has 0 saturated carbocycles. The SMILES string of the molecule is CCOC(=O)CNC1CCCc2occc21. The van der Waals surface area contributed by atoms with Crippen LogP contribution in [0.1, 0.15) is 37.1 Å². The van der Waals surface area contributed by atoms with Crippen molar-refractivity contribution in [1.82, 2.24) is 5.32 Å². The van der Waals surface area contributed by atoms with Crippen molar-refractivity contribution in [2.75, 3.05) is 13.2 Å². The molecule has 88 valence electrons. The fourth-order valence-corrected chi connectivity index (χ4v) is 2.12. The van der Waals surface area contributed by atoms with E-state index in [2.05, 4.69) is 5.32 Å². The summed E-state index contributed by atoms with van der Waals surface area (Å²) in [7, 11) is 0. The van der Waals surface area contributed by atoms with Gasteiger partial charge in [0.2, 0.25) is 0 Å². The first kappa shape index (κ1) is 11.2. The number of aryl methyl sites for hydroxylation is 1. The summed E-state index contributed by atoms with van der Waals surface area (Å²) in [6.45, 7) is 2.51. The molecule has 1 aliphatic rings. The molecule has 1 atom stereocenters. The van der Waals surface area contributed by atoms with Gasteiger partial charge in [-0.1, -0.05) is 0 Å². The van der Waals surface area contributed by atoms with Crippen LogP contribution in [-0.4, -0.2) is 19.1 Å². The molecule has 0 saturated heterocycles. The van der Waals surface area contributed by atoms with E-state index in [0.717, 1.165) is 25.0 Å². The number of carbonyl (C=O) groups is 1. The molecule has 1 aromatic rings. The van der Waals surface area contributed by atoms with Crippen molar-refractivity contribution in [3.63, 3.8) is 0 Å². The average Bonchev–Trinajstić information content (AvgIpc) is 2.75. The standard InChI is InChI=1S/C12H17NO3/c1-2-15-12(14)8-13-10-4-3-5-11-9(10)6-7-16-11/h6-7,10,13H,2-5,8H2,1H3. The zero-order valence-corrected chi connectivity index (χ0v) is 9.49. The first-order valence-corrected chi connectivity index (χ1v) is 5.76. The average molecular weight is 223 g/mol. The Labute approximate surface area is 95.0 Å². The molecule has 4 heteroatoms. The Hall–Kier alpha value is -1.29. The van der Waals surface area contributed by atoms with Crippen molar-refractivity contribution in [1.29, 1.82) is 0 Å². The van der Waals surface area contributed by atoms with E-state index in [1.165, 1.54) is 5.56 Å². The Kier molecular flexibility index (Phi) is 3.62. The van der Waals surface area contributed by atoms with E-state index in [1.807, 2.05) is 13.0 Å². The predicted octanol–water partition coefficient (Wildman–Crippen LogP) is 1.81. The van der Waals surface area contributed by atoms with E-state index in [9.17, 15) is 4.79 Å². The quantitative estimate of drug-likeness (QED) is 0.791. The van der Waals surface area contributed by atoms with Gasteiger partial charge in [0.05, 0.1) is 19.4 Å². The third kappa shape index (κ3) is 2.44. The summed E-state index contributed by atoms with van der Waals surface area (Å²) < 4.78 is 10.3. The molecule has 0 aliphatic heterocycles. The largest absolute Gasteiger partial charge is 0.469 e. The number of hydrogen-bond donors (Lipinski definition) is 1. The number of fused-ring (bicyclic) bond motifs is 1. The van der Waals surface area contributed by atoms with Crippen molar-refractivity contribution in [3.05, 3.63) is 23.7 Å². The van der Waals surface area contributed by atoms with E-state index in [-0.39, 0.29) is 18.6 Å². The topological polar surface area (TPSA) is 51.5 Å². The van der Waals surface area contributed by atoms with Crippen molar-refractivity contribution in [2.45, 2.75) is 32.2 Å². The first-order valence-electron chi connectivity index (χ1n) is 5.76. The highest BCUT2D eigenvalue weighted by Crippen LogP contribution is 2.30. The van der Waals surface area contributed by atoms with Gasteiger partial charge < -0.3 is 9.15 Å². The van der Waals surface area contributed by atoms with E-state index < -0.39 is 0 Å². The monoisotopic (exact) mass is 223 g/mol. The highest BCUT2D eigenvalue weighted by atomic mass is 16.5. The Balaban J connectivity index is 1.90. The van der Waals surface area contributed by atoms with Crippen LogP contribution < -0.4 is 5.32 Å². The van der Waals surface area contributed by atoms with Crippen molar-refractivity contribution in [2.24, 2.45) is 0 Å². The molecule has 2 rings (SSSR count). The summed E-state index contributed by atoms with van der Waals surface area (Å²) in [5.41, 5.74) is 1.19. The van der Waals surface area contributed by atoms with Crippen LogP contribution in [0.15, 0.2) is 16.7 Å².